The summed E-state index contributed by atoms with van der Waals surface area (Å²) in [7, 11) is 0. The fraction of sp³-hybridized carbons (Fsp3) is 0.321. The summed E-state index contributed by atoms with van der Waals surface area (Å²) >= 11 is 0. The Bertz CT molecular complexity index is 1260. The van der Waals surface area contributed by atoms with Crippen LogP contribution in [0.1, 0.15) is 44.9 Å². The smallest absolute Gasteiger partial charge is 0.407 e. The van der Waals surface area contributed by atoms with Crippen molar-refractivity contribution in [3.8, 4) is 22.4 Å². The lowest BCUT2D eigenvalue weighted by atomic mass is 9.98. The van der Waals surface area contributed by atoms with Crippen LogP contribution in [0.15, 0.2) is 66.9 Å². The summed E-state index contributed by atoms with van der Waals surface area (Å²) in [4.78, 5) is 16.3. The van der Waals surface area contributed by atoms with Crippen LogP contribution in [-0.2, 0) is 11.2 Å². The fourth-order valence-electron chi connectivity index (χ4n) is 3.88. The number of rotatable bonds is 7. The van der Waals surface area contributed by atoms with Crippen molar-refractivity contribution in [3.05, 3.63) is 78.1 Å². The van der Waals surface area contributed by atoms with Gasteiger partial charge in [-0.3, -0.25) is 0 Å². The molecule has 0 saturated heterocycles. The molecule has 0 aliphatic heterocycles. The number of imidazole rings is 1. The van der Waals surface area contributed by atoms with Crippen molar-refractivity contribution in [3.63, 3.8) is 0 Å². The average Bonchev–Trinajstić information content (AvgIpc) is 3.17. The number of unbranched alkanes of at least 4 members (excludes halogenated alkanes) is 1. The third-order valence-corrected chi connectivity index (χ3v) is 5.44. The minimum atomic E-state index is -0.470. The number of alkyl carbamates (subject to hydrolysis) is 1. The Morgan fingerprint density at radius 1 is 1.00 bits per heavy atom. The highest BCUT2D eigenvalue weighted by atomic mass is 16.6. The summed E-state index contributed by atoms with van der Waals surface area (Å²) in [5.74, 6) is 0. The van der Waals surface area contributed by atoms with Gasteiger partial charge in [-0.1, -0.05) is 54.6 Å². The number of carbonyl (C=O) groups is 1. The maximum atomic E-state index is 11.7. The molecule has 6 nitrogen and oxygen atoms in total. The second-order valence-corrected chi connectivity index (χ2v) is 9.54. The molecular formula is C28H32N4O2. The van der Waals surface area contributed by atoms with Gasteiger partial charge in [0.2, 0.25) is 0 Å². The van der Waals surface area contributed by atoms with Gasteiger partial charge < -0.3 is 10.1 Å². The molecule has 0 fully saturated rings. The first-order valence-corrected chi connectivity index (χ1v) is 11.8. The molecule has 4 rings (SSSR count). The van der Waals surface area contributed by atoms with Crippen molar-refractivity contribution in [2.45, 2.75) is 52.6 Å². The number of amides is 1. The van der Waals surface area contributed by atoms with Gasteiger partial charge in [-0.15, -0.1) is 0 Å². The van der Waals surface area contributed by atoms with E-state index in [2.05, 4.69) is 52.8 Å². The normalized spacial score (nSPS) is 11.5. The number of benzene rings is 2. The van der Waals surface area contributed by atoms with Gasteiger partial charge in [0.1, 0.15) is 5.60 Å². The third-order valence-electron chi connectivity index (χ3n) is 5.44. The minimum absolute atomic E-state index is 0.358. The number of aromatic nitrogens is 3. The zero-order valence-corrected chi connectivity index (χ0v) is 20.3. The quantitative estimate of drug-likeness (QED) is 0.335. The maximum absolute atomic E-state index is 11.7. The number of ether oxygens (including phenoxy) is 1. The van der Waals surface area contributed by atoms with Crippen molar-refractivity contribution in [1.82, 2.24) is 19.9 Å². The van der Waals surface area contributed by atoms with Crippen LogP contribution in [0, 0.1) is 6.92 Å². The molecule has 2 aromatic carbocycles. The van der Waals surface area contributed by atoms with E-state index < -0.39 is 5.60 Å². The van der Waals surface area contributed by atoms with E-state index in [-0.39, 0.29) is 6.09 Å². The van der Waals surface area contributed by atoms with Gasteiger partial charge in [-0.2, -0.15) is 5.10 Å². The molecule has 0 saturated carbocycles. The topological polar surface area (TPSA) is 68.5 Å². The van der Waals surface area contributed by atoms with Crippen LogP contribution in [0.5, 0.6) is 0 Å². The van der Waals surface area contributed by atoms with E-state index in [9.17, 15) is 4.79 Å². The minimum Gasteiger partial charge on any atom is -0.444 e. The lowest BCUT2D eigenvalue weighted by Crippen LogP contribution is -2.33. The van der Waals surface area contributed by atoms with Gasteiger partial charge in [0.25, 0.3) is 0 Å². The Kier molecular flexibility index (Phi) is 6.96. The zero-order chi connectivity index (χ0) is 24.1. The molecule has 4 aromatic rings. The predicted octanol–water partition coefficient (Wildman–Crippen LogP) is 6.22. The lowest BCUT2D eigenvalue weighted by molar-refractivity contribution is 0.0527. The highest BCUT2D eigenvalue weighted by molar-refractivity contribution is 5.82. The first-order valence-electron chi connectivity index (χ1n) is 11.8. The first kappa shape index (κ1) is 23.5. The van der Waals surface area contributed by atoms with Gasteiger partial charge >= 0.3 is 6.09 Å². The van der Waals surface area contributed by atoms with Crippen molar-refractivity contribution in [2.75, 3.05) is 6.54 Å². The fourth-order valence-corrected chi connectivity index (χ4v) is 3.88. The molecule has 0 aliphatic rings. The number of nitrogens with zero attached hydrogens (tertiary/aromatic N) is 3. The molecule has 1 amide bonds. The van der Waals surface area contributed by atoms with Crippen LogP contribution in [0.2, 0.25) is 0 Å². The van der Waals surface area contributed by atoms with Crippen molar-refractivity contribution in [1.29, 1.82) is 0 Å². The Labute approximate surface area is 201 Å². The lowest BCUT2D eigenvalue weighted by Gasteiger charge is -2.19. The summed E-state index contributed by atoms with van der Waals surface area (Å²) in [5.41, 5.74) is 6.78. The van der Waals surface area contributed by atoms with E-state index in [1.807, 2.05) is 56.6 Å². The Morgan fingerprint density at radius 3 is 2.44 bits per heavy atom. The van der Waals surface area contributed by atoms with Crippen LogP contribution in [0.25, 0.3) is 28.0 Å². The van der Waals surface area contributed by atoms with E-state index in [4.69, 9.17) is 9.84 Å². The number of nitrogens with one attached hydrogen (secondary N) is 1. The predicted molar refractivity (Wildman–Crippen MR) is 136 cm³/mol. The number of carbonyl (C=O) groups excluding carboxylic acids is 1. The molecule has 34 heavy (non-hydrogen) atoms. The average molecular weight is 457 g/mol. The number of hydrogen-bond donors (Lipinski definition) is 1. The van der Waals surface area contributed by atoms with Crippen molar-refractivity contribution >= 4 is 11.7 Å². The molecule has 2 heterocycles. The maximum Gasteiger partial charge on any atom is 0.407 e. The van der Waals surface area contributed by atoms with Crippen LogP contribution in [0.3, 0.4) is 0 Å². The number of hydrogen-bond acceptors (Lipinski definition) is 4. The molecule has 176 valence electrons. The standard InChI is InChI=1S/C28H32N4O2/c1-20-19-32-25(30-20)18-24(22-11-6-5-7-12-22)26(31-32)23-15-13-21(14-16-23)10-8-9-17-29-27(33)34-28(2,3)4/h5-7,11-16,18-19H,8-10,17H2,1-4H3,(H,29,33). The van der Waals surface area contributed by atoms with E-state index in [0.29, 0.717) is 6.54 Å². The number of aryl methyl sites for hydroxylation is 2. The Hall–Kier alpha value is -3.67. The molecule has 0 atom stereocenters. The molecule has 2 aromatic heterocycles. The molecule has 0 unspecified atom stereocenters. The highest BCUT2D eigenvalue weighted by Gasteiger charge is 2.15. The summed E-state index contributed by atoms with van der Waals surface area (Å²) in [6.07, 6.45) is 4.44. The van der Waals surface area contributed by atoms with Gasteiger partial charge in [-0.05, 0) is 64.2 Å². The van der Waals surface area contributed by atoms with Crippen LogP contribution in [-0.4, -0.2) is 32.8 Å². The SMILES string of the molecule is Cc1cn2nc(-c3ccc(CCCCNC(=O)OC(C)(C)C)cc3)c(-c3ccccc3)cc2n1. The molecule has 1 N–H and O–H groups in total. The van der Waals surface area contributed by atoms with E-state index in [1.54, 1.807) is 0 Å². The Balaban J connectivity index is 1.43. The second-order valence-electron chi connectivity index (χ2n) is 9.54. The number of fused-ring (bicyclic) bond motifs is 1. The van der Waals surface area contributed by atoms with E-state index in [0.717, 1.165) is 53.0 Å². The zero-order valence-electron chi connectivity index (χ0n) is 20.3. The monoisotopic (exact) mass is 456 g/mol. The molecular weight excluding hydrogens is 424 g/mol. The van der Waals surface area contributed by atoms with Crippen molar-refractivity contribution < 1.29 is 9.53 Å². The summed E-state index contributed by atoms with van der Waals surface area (Å²) in [6.45, 7) is 8.19. The molecule has 6 heteroatoms. The van der Waals surface area contributed by atoms with Crippen LogP contribution >= 0.6 is 0 Å². The highest BCUT2D eigenvalue weighted by Crippen LogP contribution is 2.31. The molecule has 0 bridgehead atoms. The Morgan fingerprint density at radius 2 is 1.74 bits per heavy atom. The largest absolute Gasteiger partial charge is 0.444 e. The summed E-state index contributed by atoms with van der Waals surface area (Å²) < 4.78 is 7.12. The summed E-state index contributed by atoms with van der Waals surface area (Å²) in [6, 6.07) is 21.0. The van der Waals surface area contributed by atoms with E-state index in [1.165, 1.54) is 5.56 Å². The first-order chi connectivity index (χ1) is 16.3. The molecule has 0 aliphatic carbocycles. The van der Waals surface area contributed by atoms with Crippen LogP contribution in [0.4, 0.5) is 4.79 Å². The van der Waals surface area contributed by atoms with Gasteiger partial charge in [0.05, 0.1) is 17.6 Å². The van der Waals surface area contributed by atoms with Gasteiger partial charge in [-0.25, -0.2) is 14.3 Å². The van der Waals surface area contributed by atoms with Crippen molar-refractivity contribution in [2.24, 2.45) is 0 Å². The van der Waals surface area contributed by atoms with Gasteiger partial charge in [0, 0.05) is 17.7 Å². The van der Waals surface area contributed by atoms with Crippen LogP contribution < -0.4 is 5.32 Å². The van der Waals surface area contributed by atoms with E-state index >= 15 is 0 Å². The van der Waals surface area contributed by atoms with Gasteiger partial charge in [0.15, 0.2) is 5.65 Å². The molecule has 0 radical (unpaired) electrons. The summed E-state index contributed by atoms with van der Waals surface area (Å²) in [5, 5.41) is 7.72. The third kappa shape index (κ3) is 6.01. The second kappa shape index (κ2) is 10.1. The molecule has 0 spiro atoms.